The van der Waals surface area contributed by atoms with E-state index >= 15 is 0 Å². The Bertz CT molecular complexity index is 465. The van der Waals surface area contributed by atoms with Crippen molar-refractivity contribution < 1.29 is 23.1 Å². The summed E-state index contributed by atoms with van der Waals surface area (Å²) in [5, 5.41) is 11.5. The van der Waals surface area contributed by atoms with Crippen LogP contribution >= 0.6 is 0 Å². The Balaban J connectivity index is 2.43. The summed E-state index contributed by atoms with van der Waals surface area (Å²) < 4.78 is 24.6. The lowest BCUT2D eigenvalue weighted by atomic mass is 9.92. The number of hydrogen-bond acceptors (Lipinski definition) is 4. The average Bonchev–Trinajstić information content (AvgIpc) is 2.38. The number of nitrogens with zero attached hydrogens (tertiary/aromatic N) is 1. The molecule has 3 N–H and O–H groups in total. The molecule has 20 heavy (non-hydrogen) atoms. The molecule has 1 saturated heterocycles. The number of amides is 2. The van der Waals surface area contributed by atoms with Gasteiger partial charge in [-0.15, -0.1) is 0 Å². The van der Waals surface area contributed by atoms with Crippen LogP contribution in [0.5, 0.6) is 0 Å². The highest BCUT2D eigenvalue weighted by atomic mass is 32.2. The van der Waals surface area contributed by atoms with E-state index in [0.717, 1.165) is 0 Å². The van der Waals surface area contributed by atoms with Crippen LogP contribution in [0.4, 0.5) is 4.79 Å². The van der Waals surface area contributed by atoms with Crippen LogP contribution in [0.2, 0.25) is 0 Å². The molecule has 2 amide bonds. The zero-order valence-corrected chi connectivity index (χ0v) is 12.4. The van der Waals surface area contributed by atoms with E-state index < -0.39 is 21.9 Å². The Morgan fingerprint density at radius 3 is 2.55 bits per heavy atom. The first-order chi connectivity index (χ1) is 9.26. The van der Waals surface area contributed by atoms with Gasteiger partial charge >= 0.3 is 12.0 Å². The third kappa shape index (κ3) is 4.64. The first kappa shape index (κ1) is 16.7. The molecule has 1 aliphatic rings. The van der Waals surface area contributed by atoms with Gasteiger partial charge in [0.2, 0.25) is 10.0 Å². The minimum absolute atomic E-state index is 0.0214. The summed E-state index contributed by atoms with van der Waals surface area (Å²) >= 11 is 0. The van der Waals surface area contributed by atoms with Crippen LogP contribution in [0, 0.1) is 5.92 Å². The first-order valence-electron chi connectivity index (χ1n) is 6.45. The number of aliphatic carboxylic acids is 1. The molecule has 8 nitrogen and oxygen atoms in total. The summed E-state index contributed by atoms with van der Waals surface area (Å²) in [5.74, 6) is -1.44. The molecule has 0 saturated carbocycles. The number of hydrogen-bond donors (Lipinski definition) is 3. The predicted molar refractivity (Wildman–Crippen MR) is 72.8 cm³/mol. The van der Waals surface area contributed by atoms with E-state index in [1.54, 1.807) is 11.8 Å². The molecule has 0 spiro atoms. The van der Waals surface area contributed by atoms with E-state index in [2.05, 4.69) is 10.0 Å². The molecule has 0 aromatic carbocycles. The number of carboxylic acids is 1. The second-order valence-corrected chi connectivity index (χ2v) is 6.90. The molecule has 0 bridgehead atoms. The van der Waals surface area contributed by atoms with Gasteiger partial charge in [0.1, 0.15) is 0 Å². The van der Waals surface area contributed by atoms with Crippen LogP contribution in [0.15, 0.2) is 0 Å². The van der Waals surface area contributed by atoms with Gasteiger partial charge in [-0.05, 0) is 26.8 Å². The van der Waals surface area contributed by atoms with Gasteiger partial charge in [-0.1, -0.05) is 0 Å². The maximum absolute atomic E-state index is 11.9. The number of carbonyl (C=O) groups is 2. The van der Waals surface area contributed by atoms with Crippen LogP contribution in [-0.2, 0) is 14.8 Å². The lowest BCUT2D eigenvalue weighted by Gasteiger charge is -2.36. The number of likely N-dealkylation sites (tertiary alicyclic amines) is 1. The van der Waals surface area contributed by atoms with Crippen molar-refractivity contribution in [3.05, 3.63) is 0 Å². The van der Waals surface area contributed by atoms with Crippen LogP contribution < -0.4 is 10.0 Å². The molecule has 1 heterocycles. The van der Waals surface area contributed by atoms with Gasteiger partial charge in [0.25, 0.3) is 0 Å². The molecule has 2 atom stereocenters. The van der Waals surface area contributed by atoms with E-state index in [1.165, 1.54) is 7.05 Å². The Kier molecular flexibility index (Phi) is 5.75. The topological polar surface area (TPSA) is 116 Å². The fourth-order valence-electron chi connectivity index (χ4n) is 2.19. The minimum Gasteiger partial charge on any atom is -0.481 e. The van der Waals surface area contributed by atoms with Crippen LogP contribution in [0.3, 0.4) is 0 Å². The largest absolute Gasteiger partial charge is 0.481 e. The third-order valence-corrected chi connectivity index (χ3v) is 4.81. The van der Waals surface area contributed by atoms with Crippen molar-refractivity contribution in [3.8, 4) is 0 Å². The summed E-state index contributed by atoms with van der Waals surface area (Å²) in [6.45, 7) is 2.18. The summed E-state index contributed by atoms with van der Waals surface area (Å²) in [6, 6.07) is -0.529. The summed E-state index contributed by atoms with van der Waals surface area (Å²) in [4.78, 5) is 24.4. The van der Waals surface area contributed by atoms with Crippen LogP contribution in [-0.4, -0.2) is 62.4 Å². The zero-order chi connectivity index (χ0) is 15.3. The SMILES string of the molecule is CNS(=O)(=O)CCNC(=O)N1CCC(C(=O)O)CC1C. The van der Waals surface area contributed by atoms with E-state index in [1.807, 2.05) is 0 Å². The van der Waals surface area contributed by atoms with Gasteiger partial charge in [-0.3, -0.25) is 4.79 Å². The van der Waals surface area contributed by atoms with Crippen molar-refractivity contribution >= 4 is 22.0 Å². The molecule has 2 unspecified atom stereocenters. The molecule has 1 rings (SSSR count). The van der Waals surface area contributed by atoms with Gasteiger partial charge < -0.3 is 15.3 Å². The summed E-state index contributed by atoms with van der Waals surface area (Å²) in [7, 11) is -2.02. The average molecular weight is 307 g/mol. The van der Waals surface area contributed by atoms with E-state index in [0.29, 0.717) is 19.4 Å². The molecule has 9 heteroatoms. The highest BCUT2D eigenvalue weighted by Crippen LogP contribution is 2.22. The Hall–Kier alpha value is -1.35. The van der Waals surface area contributed by atoms with Crippen LogP contribution in [0.1, 0.15) is 19.8 Å². The summed E-state index contributed by atoms with van der Waals surface area (Å²) in [5.41, 5.74) is 0. The number of urea groups is 1. The van der Waals surface area contributed by atoms with Gasteiger partial charge in [-0.25, -0.2) is 17.9 Å². The molecule has 0 radical (unpaired) electrons. The predicted octanol–water partition coefficient (Wildman–Crippen LogP) is -0.570. The van der Waals surface area contributed by atoms with Crippen molar-refractivity contribution in [2.75, 3.05) is 25.9 Å². The van der Waals surface area contributed by atoms with E-state index in [9.17, 15) is 18.0 Å². The first-order valence-corrected chi connectivity index (χ1v) is 8.10. The number of sulfonamides is 1. The normalized spacial score (nSPS) is 23.4. The highest BCUT2D eigenvalue weighted by molar-refractivity contribution is 7.89. The van der Waals surface area contributed by atoms with Gasteiger partial charge in [0.15, 0.2) is 0 Å². The van der Waals surface area contributed by atoms with E-state index in [-0.39, 0.29) is 24.4 Å². The van der Waals surface area contributed by atoms with Crippen molar-refractivity contribution in [2.24, 2.45) is 5.92 Å². The third-order valence-electron chi connectivity index (χ3n) is 3.44. The molecule has 116 valence electrons. The highest BCUT2D eigenvalue weighted by Gasteiger charge is 2.32. The molecule has 0 aliphatic carbocycles. The van der Waals surface area contributed by atoms with Gasteiger partial charge in [-0.2, -0.15) is 0 Å². The Morgan fingerprint density at radius 2 is 2.05 bits per heavy atom. The standard InChI is InChI=1S/C11H21N3O5S/c1-8-7-9(10(15)16)3-5-14(8)11(17)13-4-6-20(18,19)12-2/h8-9,12H,3-7H2,1-2H3,(H,13,17)(H,15,16). The monoisotopic (exact) mass is 307 g/mol. The van der Waals surface area contributed by atoms with Crippen molar-refractivity contribution in [3.63, 3.8) is 0 Å². The van der Waals surface area contributed by atoms with Crippen molar-refractivity contribution in [2.45, 2.75) is 25.8 Å². The molecule has 0 aromatic rings. The smallest absolute Gasteiger partial charge is 0.317 e. The molecule has 1 fully saturated rings. The number of rotatable bonds is 5. The lowest BCUT2D eigenvalue weighted by Crippen LogP contribution is -2.51. The van der Waals surface area contributed by atoms with Gasteiger partial charge in [0.05, 0.1) is 11.7 Å². The van der Waals surface area contributed by atoms with Crippen molar-refractivity contribution in [1.29, 1.82) is 0 Å². The van der Waals surface area contributed by atoms with E-state index in [4.69, 9.17) is 5.11 Å². The molecule has 0 aromatic heterocycles. The van der Waals surface area contributed by atoms with Crippen molar-refractivity contribution in [1.82, 2.24) is 14.9 Å². The van der Waals surface area contributed by atoms with Gasteiger partial charge in [0, 0.05) is 19.1 Å². The Morgan fingerprint density at radius 1 is 1.40 bits per heavy atom. The molecular formula is C11H21N3O5S. The second kappa shape index (κ2) is 6.89. The number of carbonyl (C=O) groups excluding carboxylic acids is 1. The Labute approximate surface area is 118 Å². The second-order valence-electron chi connectivity index (χ2n) is 4.86. The maximum atomic E-state index is 11.9. The lowest BCUT2D eigenvalue weighted by molar-refractivity contribution is -0.143. The quantitative estimate of drug-likeness (QED) is 0.629. The number of piperidine rings is 1. The number of carboxylic acid groups (broad SMARTS) is 1. The fourth-order valence-corrected chi connectivity index (χ4v) is 2.77. The fraction of sp³-hybridized carbons (Fsp3) is 0.818. The molecular weight excluding hydrogens is 286 g/mol. The minimum atomic E-state index is -3.34. The van der Waals surface area contributed by atoms with Crippen LogP contribution in [0.25, 0.3) is 0 Å². The maximum Gasteiger partial charge on any atom is 0.317 e. The number of nitrogens with one attached hydrogen (secondary N) is 2. The molecule has 1 aliphatic heterocycles. The summed E-state index contributed by atoms with van der Waals surface area (Å²) in [6.07, 6.45) is 0.833. The zero-order valence-electron chi connectivity index (χ0n) is 11.6.